The second-order valence-corrected chi connectivity index (χ2v) is 4.12. The number of guanidine groups is 1. The Labute approximate surface area is 97.8 Å². The van der Waals surface area contributed by atoms with Gasteiger partial charge in [-0.05, 0) is 31.8 Å². The van der Waals surface area contributed by atoms with Crippen molar-refractivity contribution in [3.63, 3.8) is 0 Å². The van der Waals surface area contributed by atoms with E-state index >= 15 is 0 Å². The van der Waals surface area contributed by atoms with E-state index in [1.54, 1.807) is 0 Å². The Bertz CT molecular complexity index is 181. The fourth-order valence-electron chi connectivity index (χ4n) is 1.06. The molecule has 0 radical (unpaired) electrons. The molecule has 0 amide bonds. The van der Waals surface area contributed by atoms with Crippen LogP contribution >= 0.6 is 11.8 Å². The van der Waals surface area contributed by atoms with Gasteiger partial charge in [-0.15, -0.1) is 6.58 Å². The standard InChI is InChI=1S/C11H23N3S/c1-4-8-13-11(12-5-2)14-9-6-7-10-15-3/h4H,1,5-10H2,2-3H3,(H2,12,13,14). The third-order valence-electron chi connectivity index (χ3n) is 1.78. The summed E-state index contributed by atoms with van der Waals surface area (Å²) in [6.45, 7) is 8.29. The lowest BCUT2D eigenvalue weighted by Gasteiger charge is -2.08. The van der Waals surface area contributed by atoms with Crippen LogP contribution in [-0.4, -0.2) is 37.6 Å². The highest BCUT2D eigenvalue weighted by Gasteiger charge is 1.93. The van der Waals surface area contributed by atoms with Gasteiger partial charge >= 0.3 is 0 Å². The van der Waals surface area contributed by atoms with Crippen molar-refractivity contribution in [3.8, 4) is 0 Å². The van der Waals surface area contributed by atoms with Crippen molar-refractivity contribution >= 4 is 17.7 Å². The van der Waals surface area contributed by atoms with Crippen LogP contribution in [0, 0.1) is 0 Å². The van der Waals surface area contributed by atoms with Gasteiger partial charge in [-0.25, -0.2) is 0 Å². The number of nitrogens with zero attached hydrogens (tertiary/aromatic N) is 1. The SMILES string of the molecule is C=CCNC(=NCCCCSC)NCC. The highest BCUT2D eigenvalue weighted by atomic mass is 32.2. The van der Waals surface area contributed by atoms with E-state index in [1.165, 1.54) is 12.2 Å². The largest absolute Gasteiger partial charge is 0.357 e. The van der Waals surface area contributed by atoms with Crippen LogP contribution in [0.25, 0.3) is 0 Å². The highest BCUT2D eigenvalue weighted by molar-refractivity contribution is 7.98. The number of nitrogens with one attached hydrogen (secondary N) is 2. The normalized spacial score (nSPS) is 11.2. The van der Waals surface area contributed by atoms with E-state index in [9.17, 15) is 0 Å². The maximum absolute atomic E-state index is 4.46. The lowest BCUT2D eigenvalue weighted by Crippen LogP contribution is -2.37. The molecule has 0 aromatic carbocycles. The number of hydrogen-bond acceptors (Lipinski definition) is 2. The molecule has 0 rings (SSSR count). The molecule has 15 heavy (non-hydrogen) atoms. The molecule has 0 saturated carbocycles. The van der Waals surface area contributed by atoms with Gasteiger partial charge in [0.2, 0.25) is 0 Å². The lowest BCUT2D eigenvalue weighted by atomic mass is 10.3. The van der Waals surface area contributed by atoms with Crippen molar-refractivity contribution in [2.24, 2.45) is 4.99 Å². The van der Waals surface area contributed by atoms with E-state index in [-0.39, 0.29) is 0 Å². The van der Waals surface area contributed by atoms with Crippen molar-refractivity contribution in [1.82, 2.24) is 10.6 Å². The average Bonchev–Trinajstić information content (AvgIpc) is 2.25. The van der Waals surface area contributed by atoms with Gasteiger partial charge in [0.1, 0.15) is 0 Å². The van der Waals surface area contributed by atoms with E-state index in [0.29, 0.717) is 0 Å². The molecule has 2 N–H and O–H groups in total. The van der Waals surface area contributed by atoms with E-state index in [4.69, 9.17) is 0 Å². The Balaban J connectivity index is 3.67. The number of rotatable bonds is 8. The van der Waals surface area contributed by atoms with Gasteiger partial charge in [0.25, 0.3) is 0 Å². The van der Waals surface area contributed by atoms with Gasteiger partial charge in [-0.1, -0.05) is 6.08 Å². The highest BCUT2D eigenvalue weighted by Crippen LogP contribution is 1.98. The second-order valence-electron chi connectivity index (χ2n) is 3.13. The predicted octanol–water partition coefficient (Wildman–Crippen LogP) is 1.87. The molecular weight excluding hydrogens is 206 g/mol. The van der Waals surface area contributed by atoms with Crippen LogP contribution < -0.4 is 10.6 Å². The Morgan fingerprint density at radius 1 is 1.40 bits per heavy atom. The summed E-state index contributed by atoms with van der Waals surface area (Å²) >= 11 is 1.89. The number of thioether (sulfide) groups is 1. The molecule has 4 heteroatoms. The first kappa shape index (κ1) is 14.4. The summed E-state index contributed by atoms with van der Waals surface area (Å²) in [6, 6.07) is 0. The Morgan fingerprint density at radius 3 is 2.80 bits per heavy atom. The molecular formula is C11H23N3S. The summed E-state index contributed by atoms with van der Waals surface area (Å²) < 4.78 is 0. The molecule has 3 nitrogen and oxygen atoms in total. The molecule has 0 aromatic rings. The second kappa shape index (κ2) is 11.4. The minimum atomic E-state index is 0.761. The van der Waals surface area contributed by atoms with Crippen LogP contribution in [0.3, 0.4) is 0 Å². The van der Waals surface area contributed by atoms with Crippen LogP contribution in [0.1, 0.15) is 19.8 Å². The predicted molar refractivity (Wildman–Crippen MR) is 71.8 cm³/mol. The fraction of sp³-hybridized carbons (Fsp3) is 0.727. The molecule has 0 unspecified atom stereocenters. The molecule has 0 bridgehead atoms. The first-order valence-corrected chi connectivity index (χ1v) is 6.86. The maximum atomic E-state index is 4.46. The third kappa shape index (κ3) is 9.66. The lowest BCUT2D eigenvalue weighted by molar-refractivity contribution is 0.791. The molecule has 0 heterocycles. The van der Waals surface area contributed by atoms with Gasteiger partial charge in [0, 0.05) is 19.6 Å². The maximum Gasteiger partial charge on any atom is 0.191 e. The van der Waals surface area contributed by atoms with Crippen molar-refractivity contribution in [1.29, 1.82) is 0 Å². The van der Waals surface area contributed by atoms with Crippen molar-refractivity contribution in [2.45, 2.75) is 19.8 Å². The van der Waals surface area contributed by atoms with Crippen LogP contribution in [-0.2, 0) is 0 Å². The Hall–Kier alpha value is -0.640. The Kier molecular flexibility index (Phi) is 10.9. The van der Waals surface area contributed by atoms with Gasteiger partial charge in [0.05, 0.1) is 0 Å². The minimum Gasteiger partial charge on any atom is -0.357 e. The van der Waals surface area contributed by atoms with Gasteiger partial charge in [0.15, 0.2) is 5.96 Å². The quantitative estimate of drug-likeness (QED) is 0.289. The van der Waals surface area contributed by atoms with Gasteiger partial charge < -0.3 is 10.6 Å². The van der Waals surface area contributed by atoms with E-state index in [2.05, 4.69) is 35.4 Å². The number of aliphatic imine (C=N–C) groups is 1. The zero-order valence-corrected chi connectivity index (χ0v) is 10.7. The van der Waals surface area contributed by atoms with Gasteiger partial charge in [-0.3, -0.25) is 4.99 Å². The average molecular weight is 229 g/mol. The fourth-order valence-corrected chi connectivity index (χ4v) is 1.55. The first-order chi connectivity index (χ1) is 7.35. The van der Waals surface area contributed by atoms with Crippen LogP contribution in [0.2, 0.25) is 0 Å². The first-order valence-electron chi connectivity index (χ1n) is 5.47. The van der Waals surface area contributed by atoms with E-state index < -0.39 is 0 Å². The molecule has 0 aliphatic heterocycles. The summed E-state index contributed by atoms with van der Waals surface area (Å²) in [6.07, 6.45) is 6.37. The van der Waals surface area contributed by atoms with Crippen molar-refractivity contribution in [2.75, 3.05) is 31.6 Å². The molecule has 0 fully saturated rings. The molecule has 88 valence electrons. The zero-order chi connectivity index (χ0) is 11.4. The number of hydrogen-bond donors (Lipinski definition) is 2. The van der Waals surface area contributed by atoms with Gasteiger partial charge in [-0.2, -0.15) is 11.8 Å². The topological polar surface area (TPSA) is 36.4 Å². The smallest absolute Gasteiger partial charge is 0.191 e. The third-order valence-corrected chi connectivity index (χ3v) is 2.48. The van der Waals surface area contributed by atoms with Crippen molar-refractivity contribution in [3.05, 3.63) is 12.7 Å². The van der Waals surface area contributed by atoms with Crippen LogP contribution in [0.15, 0.2) is 17.6 Å². The minimum absolute atomic E-state index is 0.761. The zero-order valence-electron chi connectivity index (χ0n) is 9.88. The van der Waals surface area contributed by atoms with Crippen LogP contribution in [0.5, 0.6) is 0 Å². The molecule has 0 aromatic heterocycles. The molecule has 0 spiro atoms. The molecule has 0 saturated heterocycles. The molecule has 0 aliphatic rings. The summed E-state index contributed by atoms with van der Waals surface area (Å²) in [5.74, 6) is 2.12. The summed E-state index contributed by atoms with van der Waals surface area (Å²) in [7, 11) is 0. The monoisotopic (exact) mass is 229 g/mol. The van der Waals surface area contributed by atoms with Crippen LogP contribution in [0.4, 0.5) is 0 Å². The molecule has 0 atom stereocenters. The Morgan fingerprint density at radius 2 is 2.20 bits per heavy atom. The summed E-state index contributed by atoms with van der Waals surface area (Å²) in [5.41, 5.74) is 0. The number of unbranched alkanes of at least 4 members (excludes halogenated alkanes) is 1. The molecule has 0 aliphatic carbocycles. The summed E-state index contributed by atoms with van der Waals surface area (Å²) in [4.78, 5) is 4.46. The van der Waals surface area contributed by atoms with E-state index in [0.717, 1.165) is 32.0 Å². The summed E-state index contributed by atoms with van der Waals surface area (Å²) in [5, 5.41) is 6.37. The van der Waals surface area contributed by atoms with Crippen molar-refractivity contribution < 1.29 is 0 Å². The van der Waals surface area contributed by atoms with E-state index in [1.807, 2.05) is 17.8 Å².